The number of azide groups is 1. The second-order valence-corrected chi connectivity index (χ2v) is 4.59. The van der Waals surface area contributed by atoms with Gasteiger partial charge in [-0.25, -0.2) is 4.79 Å². The predicted molar refractivity (Wildman–Crippen MR) is 61.7 cm³/mol. The van der Waals surface area contributed by atoms with E-state index in [2.05, 4.69) is 15.3 Å². The van der Waals surface area contributed by atoms with Gasteiger partial charge in [0.05, 0.1) is 12.1 Å². The van der Waals surface area contributed by atoms with Gasteiger partial charge >= 0.3 is 5.97 Å². The van der Waals surface area contributed by atoms with Gasteiger partial charge in [0.15, 0.2) is 0 Å². The van der Waals surface area contributed by atoms with Crippen LogP contribution in [0.25, 0.3) is 10.4 Å². The summed E-state index contributed by atoms with van der Waals surface area (Å²) in [6, 6.07) is -1.62. The highest BCUT2D eigenvalue weighted by atomic mass is 16.4. The molecule has 98 valence electrons. The Kier molecular flexibility index (Phi) is 3.69. The zero-order valence-corrected chi connectivity index (χ0v) is 9.82. The van der Waals surface area contributed by atoms with Crippen LogP contribution < -0.4 is 5.32 Å². The summed E-state index contributed by atoms with van der Waals surface area (Å²) >= 11 is 0. The van der Waals surface area contributed by atoms with Crippen molar-refractivity contribution in [1.82, 2.24) is 10.2 Å². The van der Waals surface area contributed by atoms with Crippen molar-refractivity contribution >= 4 is 11.9 Å². The van der Waals surface area contributed by atoms with Crippen LogP contribution >= 0.6 is 0 Å². The van der Waals surface area contributed by atoms with E-state index < -0.39 is 18.1 Å². The van der Waals surface area contributed by atoms with Gasteiger partial charge in [0, 0.05) is 11.5 Å². The second-order valence-electron chi connectivity index (χ2n) is 4.59. The van der Waals surface area contributed by atoms with Crippen LogP contribution in [-0.2, 0) is 9.59 Å². The molecular formula is C10H15N5O3. The maximum atomic E-state index is 12.2. The van der Waals surface area contributed by atoms with E-state index in [9.17, 15) is 9.59 Å². The zero-order chi connectivity index (χ0) is 13.1. The fourth-order valence-corrected chi connectivity index (χ4v) is 2.54. The van der Waals surface area contributed by atoms with Crippen molar-refractivity contribution in [2.24, 2.45) is 5.11 Å². The van der Waals surface area contributed by atoms with Gasteiger partial charge in [-0.1, -0.05) is 5.11 Å². The number of carboxylic acid groups (broad SMARTS) is 1. The number of nitrogens with zero attached hydrogens (tertiary/aromatic N) is 4. The van der Waals surface area contributed by atoms with Crippen molar-refractivity contribution in [2.45, 2.75) is 37.4 Å². The van der Waals surface area contributed by atoms with Crippen molar-refractivity contribution in [3.8, 4) is 0 Å². The highest BCUT2D eigenvalue weighted by molar-refractivity contribution is 5.88. The monoisotopic (exact) mass is 253 g/mol. The molecule has 0 aromatic heterocycles. The summed E-state index contributed by atoms with van der Waals surface area (Å²) in [5, 5.41) is 15.7. The third-order valence-corrected chi connectivity index (χ3v) is 3.42. The van der Waals surface area contributed by atoms with Crippen LogP contribution in [0.5, 0.6) is 0 Å². The molecule has 2 N–H and O–H groups in total. The number of hydrogen-bond donors (Lipinski definition) is 2. The Morgan fingerprint density at radius 3 is 2.83 bits per heavy atom. The molecule has 2 saturated heterocycles. The SMILES string of the molecule is [N-]=[N+]=N[C@H]1C[C@@H](C(=O)O)N(C(=O)[C@@H]2CCCN2)C1. The standard InChI is InChI=1S/C10H15N5O3/c11-14-13-6-4-8(10(17)18)15(5-6)9(16)7-2-1-3-12-7/h6-8,12H,1-5H2,(H,17,18)/t6-,7-,8-/m0/s1. The molecule has 2 rings (SSSR count). The number of rotatable bonds is 3. The van der Waals surface area contributed by atoms with Crippen LogP contribution in [0.3, 0.4) is 0 Å². The molecule has 0 aromatic rings. The van der Waals surface area contributed by atoms with E-state index in [4.69, 9.17) is 10.6 Å². The van der Waals surface area contributed by atoms with Crippen LogP contribution in [-0.4, -0.2) is 53.1 Å². The molecule has 0 radical (unpaired) electrons. The summed E-state index contributed by atoms with van der Waals surface area (Å²) in [5.41, 5.74) is 8.38. The molecule has 0 bridgehead atoms. The lowest BCUT2D eigenvalue weighted by atomic mass is 10.1. The van der Waals surface area contributed by atoms with Crippen LogP contribution in [0.1, 0.15) is 19.3 Å². The van der Waals surface area contributed by atoms with E-state index in [0.29, 0.717) is 0 Å². The number of hydrogen-bond acceptors (Lipinski definition) is 4. The van der Waals surface area contributed by atoms with Gasteiger partial charge in [-0.15, -0.1) is 0 Å². The molecule has 2 heterocycles. The maximum absolute atomic E-state index is 12.2. The summed E-state index contributed by atoms with van der Waals surface area (Å²) in [5.74, 6) is -1.24. The molecule has 3 atom stereocenters. The Balaban J connectivity index is 2.10. The number of nitrogens with one attached hydrogen (secondary N) is 1. The molecule has 0 aliphatic carbocycles. The number of aliphatic carboxylic acids is 1. The number of likely N-dealkylation sites (tertiary alicyclic amines) is 1. The molecule has 2 aliphatic heterocycles. The number of amides is 1. The molecule has 2 fully saturated rings. The van der Waals surface area contributed by atoms with Crippen molar-refractivity contribution in [3.05, 3.63) is 10.4 Å². The third-order valence-electron chi connectivity index (χ3n) is 3.42. The lowest BCUT2D eigenvalue weighted by Crippen LogP contribution is -2.48. The maximum Gasteiger partial charge on any atom is 0.326 e. The highest BCUT2D eigenvalue weighted by Gasteiger charge is 2.41. The van der Waals surface area contributed by atoms with Crippen LogP contribution in [0.4, 0.5) is 0 Å². The van der Waals surface area contributed by atoms with E-state index in [0.717, 1.165) is 19.4 Å². The number of carbonyl (C=O) groups excluding carboxylic acids is 1. The van der Waals surface area contributed by atoms with E-state index in [-0.39, 0.29) is 24.9 Å². The van der Waals surface area contributed by atoms with E-state index in [1.54, 1.807) is 0 Å². The van der Waals surface area contributed by atoms with Gasteiger partial charge in [-0.2, -0.15) is 0 Å². The van der Waals surface area contributed by atoms with E-state index in [1.807, 2.05) is 0 Å². The largest absolute Gasteiger partial charge is 0.480 e. The summed E-state index contributed by atoms with van der Waals surface area (Å²) < 4.78 is 0. The first-order chi connectivity index (χ1) is 8.63. The third kappa shape index (κ3) is 2.39. The van der Waals surface area contributed by atoms with Crippen LogP contribution in [0.15, 0.2) is 5.11 Å². The Hall–Kier alpha value is -1.79. The zero-order valence-electron chi connectivity index (χ0n) is 9.82. The lowest BCUT2D eigenvalue weighted by Gasteiger charge is -2.24. The molecule has 18 heavy (non-hydrogen) atoms. The quantitative estimate of drug-likeness (QED) is 0.421. The molecule has 8 heteroatoms. The molecule has 2 aliphatic rings. The minimum atomic E-state index is -1.04. The van der Waals surface area contributed by atoms with Crippen molar-refractivity contribution in [1.29, 1.82) is 0 Å². The first kappa shape index (κ1) is 12.7. The summed E-state index contributed by atoms with van der Waals surface area (Å²) in [7, 11) is 0. The van der Waals surface area contributed by atoms with Crippen LogP contribution in [0, 0.1) is 0 Å². The smallest absolute Gasteiger partial charge is 0.326 e. The minimum Gasteiger partial charge on any atom is -0.480 e. The molecule has 0 spiro atoms. The van der Waals surface area contributed by atoms with Crippen molar-refractivity contribution in [2.75, 3.05) is 13.1 Å². The molecular weight excluding hydrogens is 238 g/mol. The van der Waals surface area contributed by atoms with Gasteiger partial charge in [0.2, 0.25) is 5.91 Å². The molecule has 8 nitrogen and oxygen atoms in total. The molecule has 0 saturated carbocycles. The minimum absolute atomic E-state index is 0.192. The van der Waals surface area contributed by atoms with Crippen LogP contribution in [0.2, 0.25) is 0 Å². The summed E-state index contributed by atoms with van der Waals surface area (Å²) in [4.78, 5) is 27.3. The normalized spacial score (nSPS) is 31.1. The lowest BCUT2D eigenvalue weighted by molar-refractivity contribution is -0.148. The fourth-order valence-electron chi connectivity index (χ4n) is 2.54. The van der Waals surface area contributed by atoms with Crippen molar-refractivity contribution < 1.29 is 14.7 Å². The summed E-state index contributed by atoms with van der Waals surface area (Å²) in [6.45, 7) is 0.972. The fraction of sp³-hybridized carbons (Fsp3) is 0.800. The highest BCUT2D eigenvalue weighted by Crippen LogP contribution is 2.23. The van der Waals surface area contributed by atoms with Crippen molar-refractivity contribution in [3.63, 3.8) is 0 Å². The molecule has 0 aromatic carbocycles. The van der Waals surface area contributed by atoms with Gasteiger partial charge in [0.25, 0.3) is 0 Å². The Morgan fingerprint density at radius 2 is 2.28 bits per heavy atom. The first-order valence-corrected chi connectivity index (χ1v) is 5.94. The first-order valence-electron chi connectivity index (χ1n) is 5.94. The average Bonchev–Trinajstić information content (AvgIpc) is 2.97. The van der Waals surface area contributed by atoms with Gasteiger partial charge in [0.1, 0.15) is 6.04 Å². The Bertz CT molecular complexity index is 400. The van der Waals surface area contributed by atoms with Gasteiger partial charge in [-0.3, -0.25) is 4.79 Å². The Morgan fingerprint density at radius 1 is 1.50 bits per heavy atom. The predicted octanol–water partition coefficient (Wildman–Crippen LogP) is 0.103. The molecule has 0 unspecified atom stereocenters. The Labute approximate surface area is 104 Å². The second kappa shape index (κ2) is 5.24. The summed E-state index contributed by atoms with van der Waals surface area (Å²) in [6.07, 6.45) is 1.84. The number of carboxylic acids is 1. The van der Waals surface area contributed by atoms with Gasteiger partial charge in [-0.05, 0) is 31.3 Å². The number of carbonyl (C=O) groups is 2. The average molecular weight is 253 g/mol. The van der Waals surface area contributed by atoms with Gasteiger partial charge < -0.3 is 15.3 Å². The van der Waals surface area contributed by atoms with E-state index in [1.165, 1.54) is 4.90 Å². The molecule has 1 amide bonds. The topological polar surface area (TPSA) is 118 Å². The van der Waals surface area contributed by atoms with E-state index >= 15 is 0 Å².